The lowest BCUT2D eigenvalue weighted by atomic mass is 9.85. The Balaban J connectivity index is 1.95. The highest BCUT2D eigenvalue weighted by Crippen LogP contribution is 2.45. The minimum absolute atomic E-state index is 0.192. The van der Waals surface area contributed by atoms with Crippen LogP contribution in [0, 0.1) is 11.3 Å². The topological polar surface area (TPSA) is 69.6 Å². The molecule has 2 aliphatic rings. The van der Waals surface area contributed by atoms with E-state index in [1.807, 2.05) is 0 Å². The van der Waals surface area contributed by atoms with Crippen LogP contribution in [0.2, 0.25) is 0 Å². The van der Waals surface area contributed by atoms with Gasteiger partial charge in [-0.25, -0.2) is 4.79 Å². The minimum Gasteiger partial charge on any atom is -0.481 e. The van der Waals surface area contributed by atoms with Gasteiger partial charge in [-0.05, 0) is 25.2 Å². The van der Waals surface area contributed by atoms with Gasteiger partial charge in [-0.1, -0.05) is 6.42 Å². The molecule has 20 heavy (non-hydrogen) atoms. The van der Waals surface area contributed by atoms with Gasteiger partial charge in [0.1, 0.15) is 0 Å². The number of carboxylic acid groups (broad SMARTS) is 1. The molecule has 1 unspecified atom stereocenters. The maximum absolute atomic E-state index is 12.9. The number of rotatable bonds is 3. The molecule has 1 aliphatic heterocycles. The molecule has 8 heteroatoms. The Labute approximate surface area is 114 Å². The van der Waals surface area contributed by atoms with Gasteiger partial charge in [0.15, 0.2) is 5.41 Å². The van der Waals surface area contributed by atoms with Crippen LogP contribution >= 0.6 is 0 Å². The van der Waals surface area contributed by atoms with Crippen LogP contribution in [0.3, 0.4) is 0 Å². The molecular formula is C12H17F3N2O3. The number of hydrogen-bond donors (Lipinski definition) is 2. The molecule has 5 nitrogen and oxygen atoms in total. The summed E-state index contributed by atoms with van der Waals surface area (Å²) in [5.41, 5.74) is -2.83. The van der Waals surface area contributed by atoms with Crippen molar-refractivity contribution in [1.29, 1.82) is 0 Å². The standard InChI is InChI=1S/C12H17F3N2O3/c13-12(14,15)11(9(18)19)4-5-17(7-11)10(20)16-6-8-2-1-3-8/h8H,1-7H2,(H,16,20)(H,18,19). The van der Waals surface area contributed by atoms with Crippen molar-refractivity contribution in [3.63, 3.8) is 0 Å². The summed E-state index contributed by atoms with van der Waals surface area (Å²) in [5.74, 6) is -1.52. The van der Waals surface area contributed by atoms with Gasteiger partial charge in [-0.3, -0.25) is 4.79 Å². The van der Waals surface area contributed by atoms with E-state index < -0.39 is 36.6 Å². The largest absolute Gasteiger partial charge is 0.481 e. The molecule has 1 atom stereocenters. The maximum Gasteiger partial charge on any atom is 0.406 e. The normalized spacial score (nSPS) is 27.2. The van der Waals surface area contributed by atoms with E-state index in [4.69, 9.17) is 5.11 Å². The first-order valence-electron chi connectivity index (χ1n) is 6.59. The number of aliphatic carboxylic acids is 1. The number of amides is 2. The average Bonchev–Trinajstić information content (AvgIpc) is 2.71. The molecule has 1 aliphatic carbocycles. The third-order valence-corrected chi connectivity index (χ3v) is 4.28. The summed E-state index contributed by atoms with van der Waals surface area (Å²) in [6.07, 6.45) is -2.31. The van der Waals surface area contributed by atoms with Gasteiger partial charge in [0.25, 0.3) is 0 Å². The van der Waals surface area contributed by atoms with Crippen molar-refractivity contribution in [2.45, 2.75) is 31.9 Å². The number of carboxylic acids is 1. The van der Waals surface area contributed by atoms with E-state index in [-0.39, 0.29) is 6.54 Å². The highest BCUT2D eigenvalue weighted by Gasteiger charge is 2.64. The fourth-order valence-electron chi connectivity index (χ4n) is 2.55. The fourth-order valence-corrected chi connectivity index (χ4v) is 2.55. The molecule has 1 saturated heterocycles. The number of nitrogens with zero attached hydrogens (tertiary/aromatic N) is 1. The van der Waals surface area contributed by atoms with Gasteiger partial charge in [-0.15, -0.1) is 0 Å². The number of alkyl halides is 3. The van der Waals surface area contributed by atoms with Crippen LogP contribution < -0.4 is 5.32 Å². The van der Waals surface area contributed by atoms with E-state index in [1.54, 1.807) is 0 Å². The summed E-state index contributed by atoms with van der Waals surface area (Å²) in [5, 5.41) is 11.5. The fraction of sp³-hybridized carbons (Fsp3) is 0.833. The molecule has 2 amide bonds. The third-order valence-electron chi connectivity index (χ3n) is 4.28. The number of carbonyl (C=O) groups excluding carboxylic acids is 1. The van der Waals surface area contributed by atoms with E-state index in [9.17, 15) is 22.8 Å². The maximum atomic E-state index is 12.9. The van der Waals surface area contributed by atoms with Crippen LogP contribution in [0.1, 0.15) is 25.7 Å². The Morgan fingerprint density at radius 1 is 1.35 bits per heavy atom. The Morgan fingerprint density at radius 2 is 2.00 bits per heavy atom. The predicted octanol–water partition coefficient (Wildman–Crippen LogP) is 1.84. The summed E-state index contributed by atoms with van der Waals surface area (Å²) < 4.78 is 38.8. The molecule has 2 rings (SSSR count). The van der Waals surface area contributed by atoms with Crippen LogP contribution in [0.15, 0.2) is 0 Å². The predicted molar refractivity (Wildman–Crippen MR) is 63.1 cm³/mol. The highest BCUT2D eigenvalue weighted by atomic mass is 19.4. The van der Waals surface area contributed by atoms with Crippen LogP contribution in [-0.2, 0) is 4.79 Å². The van der Waals surface area contributed by atoms with E-state index >= 15 is 0 Å². The quantitative estimate of drug-likeness (QED) is 0.834. The second-order valence-corrected chi connectivity index (χ2v) is 5.54. The summed E-state index contributed by atoms with van der Waals surface area (Å²) in [6, 6.07) is -0.607. The van der Waals surface area contributed by atoms with Crippen molar-refractivity contribution in [3.8, 4) is 0 Å². The number of halogens is 3. The molecule has 2 fully saturated rings. The van der Waals surface area contributed by atoms with Crippen molar-refractivity contribution < 1.29 is 27.9 Å². The molecule has 0 radical (unpaired) electrons. The van der Waals surface area contributed by atoms with Crippen molar-refractivity contribution >= 4 is 12.0 Å². The molecular weight excluding hydrogens is 277 g/mol. The Kier molecular flexibility index (Phi) is 3.84. The van der Waals surface area contributed by atoms with Gasteiger partial charge >= 0.3 is 18.2 Å². The third kappa shape index (κ3) is 2.55. The van der Waals surface area contributed by atoms with Gasteiger partial charge < -0.3 is 15.3 Å². The molecule has 0 aromatic carbocycles. The molecule has 1 heterocycles. The SMILES string of the molecule is O=C(NCC1CCC1)N1CCC(C(=O)O)(C(F)(F)F)C1. The van der Waals surface area contributed by atoms with Crippen molar-refractivity contribution in [1.82, 2.24) is 10.2 Å². The average molecular weight is 294 g/mol. The number of carbonyl (C=O) groups is 2. The smallest absolute Gasteiger partial charge is 0.406 e. The first-order chi connectivity index (χ1) is 9.26. The molecule has 0 aromatic rings. The van der Waals surface area contributed by atoms with E-state index in [2.05, 4.69) is 5.32 Å². The van der Waals surface area contributed by atoms with Gasteiger partial charge in [0, 0.05) is 19.6 Å². The van der Waals surface area contributed by atoms with E-state index in [1.165, 1.54) is 0 Å². The Bertz CT molecular complexity index is 409. The molecule has 0 bridgehead atoms. The number of hydrogen-bond acceptors (Lipinski definition) is 2. The van der Waals surface area contributed by atoms with Crippen molar-refractivity contribution in [3.05, 3.63) is 0 Å². The Morgan fingerprint density at radius 3 is 2.40 bits per heavy atom. The summed E-state index contributed by atoms with van der Waals surface area (Å²) in [4.78, 5) is 23.7. The van der Waals surface area contributed by atoms with Gasteiger partial charge in [-0.2, -0.15) is 13.2 Å². The highest BCUT2D eigenvalue weighted by molar-refractivity contribution is 5.80. The second kappa shape index (κ2) is 5.14. The monoisotopic (exact) mass is 294 g/mol. The zero-order chi connectivity index (χ0) is 15.0. The second-order valence-electron chi connectivity index (χ2n) is 5.54. The van der Waals surface area contributed by atoms with Gasteiger partial charge in [0.05, 0.1) is 0 Å². The van der Waals surface area contributed by atoms with Crippen LogP contribution in [0.25, 0.3) is 0 Å². The molecule has 2 N–H and O–H groups in total. The van der Waals surface area contributed by atoms with Crippen LogP contribution in [0.5, 0.6) is 0 Å². The number of likely N-dealkylation sites (tertiary alicyclic amines) is 1. The first kappa shape index (κ1) is 14.9. The van der Waals surface area contributed by atoms with E-state index in [0.717, 1.165) is 24.2 Å². The number of nitrogens with one attached hydrogen (secondary N) is 1. The lowest BCUT2D eigenvalue weighted by Crippen LogP contribution is -2.49. The molecule has 1 saturated carbocycles. The number of urea groups is 1. The van der Waals surface area contributed by atoms with Crippen molar-refractivity contribution in [2.24, 2.45) is 11.3 Å². The lowest BCUT2D eigenvalue weighted by Gasteiger charge is -2.28. The Hall–Kier alpha value is -1.47. The zero-order valence-corrected chi connectivity index (χ0v) is 10.9. The van der Waals surface area contributed by atoms with Crippen LogP contribution in [0.4, 0.5) is 18.0 Å². The van der Waals surface area contributed by atoms with Gasteiger partial charge in [0.2, 0.25) is 0 Å². The molecule has 0 spiro atoms. The van der Waals surface area contributed by atoms with Crippen molar-refractivity contribution in [2.75, 3.05) is 19.6 Å². The van der Waals surface area contributed by atoms with Crippen LogP contribution in [-0.4, -0.2) is 47.8 Å². The summed E-state index contributed by atoms with van der Waals surface area (Å²) >= 11 is 0. The molecule has 0 aromatic heterocycles. The lowest BCUT2D eigenvalue weighted by molar-refractivity contribution is -0.226. The zero-order valence-electron chi connectivity index (χ0n) is 10.9. The molecule has 114 valence electrons. The van der Waals surface area contributed by atoms with E-state index in [0.29, 0.717) is 12.5 Å². The summed E-state index contributed by atoms with van der Waals surface area (Å²) in [7, 11) is 0. The minimum atomic E-state index is -4.86. The first-order valence-corrected chi connectivity index (χ1v) is 6.59. The summed E-state index contributed by atoms with van der Waals surface area (Å²) in [6.45, 7) is -0.563.